The van der Waals surface area contributed by atoms with Crippen molar-refractivity contribution in [2.24, 2.45) is 5.73 Å². The summed E-state index contributed by atoms with van der Waals surface area (Å²) >= 11 is 0. The third-order valence-electron chi connectivity index (χ3n) is 3.05. The van der Waals surface area contributed by atoms with Gasteiger partial charge in [0.05, 0.1) is 7.11 Å². The molecule has 2 atom stereocenters. The third kappa shape index (κ3) is 4.22. The minimum absolute atomic E-state index is 0.342. The summed E-state index contributed by atoms with van der Waals surface area (Å²) in [6, 6.07) is 7.19. The van der Waals surface area contributed by atoms with Gasteiger partial charge >= 0.3 is 5.97 Å². The van der Waals surface area contributed by atoms with Crippen molar-refractivity contribution in [2.75, 3.05) is 7.11 Å². The molecule has 0 radical (unpaired) electrons. The molecule has 3 N–H and O–H groups in total. The number of ether oxygens (including phenoxy) is 1. The molecule has 21 heavy (non-hydrogen) atoms. The maximum atomic E-state index is 13.3. The molecule has 116 valence electrons. The first-order valence-electron chi connectivity index (χ1n) is 6.31. The van der Waals surface area contributed by atoms with E-state index >= 15 is 0 Å². The molecule has 1 amide bonds. The van der Waals surface area contributed by atoms with Crippen molar-refractivity contribution in [1.82, 2.24) is 5.32 Å². The lowest BCUT2D eigenvalue weighted by Crippen LogP contribution is -2.62. The first-order chi connectivity index (χ1) is 9.81. The summed E-state index contributed by atoms with van der Waals surface area (Å²) < 4.78 is 30.9. The Kier molecular flexibility index (Phi) is 5.78. The Balaban J connectivity index is 2.89. The summed E-state index contributed by atoms with van der Waals surface area (Å²) in [6.45, 7) is 1.33. The van der Waals surface area contributed by atoms with Crippen LogP contribution in [0, 0.1) is 0 Å². The number of alkyl halides is 2. The molecule has 1 aromatic carbocycles. The Morgan fingerprint density at radius 3 is 2.38 bits per heavy atom. The van der Waals surface area contributed by atoms with Crippen LogP contribution in [-0.2, 0) is 20.7 Å². The van der Waals surface area contributed by atoms with Crippen LogP contribution in [0.25, 0.3) is 0 Å². The summed E-state index contributed by atoms with van der Waals surface area (Å²) in [7, 11) is 1.14. The maximum absolute atomic E-state index is 13.3. The zero-order valence-corrected chi connectivity index (χ0v) is 11.8. The second-order valence-corrected chi connectivity index (χ2v) is 4.72. The van der Waals surface area contributed by atoms with Gasteiger partial charge < -0.3 is 15.8 Å². The number of amides is 1. The van der Waals surface area contributed by atoms with Crippen LogP contribution >= 0.6 is 0 Å². The molecule has 0 aliphatic heterocycles. The highest BCUT2D eigenvalue weighted by Gasteiger charge is 2.44. The van der Waals surface area contributed by atoms with Gasteiger partial charge in [-0.2, -0.15) is 0 Å². The predicted molar refractivity (Wildman–Crippen MR) is 72.7 cm³/mol. The Hall–Kier alpha value is -2.02. The number of nitrogens with two attached hydrogens (primary N) is 1. The van der Waals surface area contributed by atoms with Crippen molar-refractivity contribution in [1.29, 1.82) is 0 Å². The van der Waals surface area contributed by atoms with E-state index in [1.54, 1.807) is 30.3 Å². The van der Waals surface area contributed by atoms with E-state index in [1.807, 2.05) is 0 Å². The summed E-state index contributed by atoms with van der Waals surface area (Å²) in [5.41, 5.74) is 3.68. The summed E-state index contributed by atoms with van der Waals surface area (Å²) in [4.78, 5) is 23.3. The Bertz CT molecular complexity index is 496. The molecule has 0 aromatic heterocycles. The molecule has 1 rings (SSSR count). The molecular formula is C14H18F2N2O3. The Labute approximate surface area is 121 Å². The molecule has 1 aromatic rings. The number of esters is 1. The number of hydrogen-bond donors (Lipinski definition) is 2. The molecule has 0 fully saturated rings. The number of benzene rings is 1. The fraction of sp³-hybridized carbons (Fsp3) is 0.429. The van der Waals surface area contributed by atoms with Crippen LogP contribution in [0.15, 0.2) is 30.3 Å². The SMILES string of the molecule is COC(=O)[C@H](C)NC(=O)[C@@](N)(Cc1ccccc1)C(F)F. The normalized spacial score (nSPS) is 15.1. The predicted octanol–water partition coefficient (Wildman–Crippen LogP) is 0.869. The molecule has 0 saturated heterocycles. The molecule has 0 aliphatic rings. The zero-order valence-electron chi connectivity index (χ0n) is 11.8. The highest BCUT2D eigenvalue weighted by atomic mass is 19.3. The van der Waals surface area contributed by atoms with Gasteiger partial charge in [-0.25, -0.2) is 13.6 Å². The molecule has 0 heterocycles. The van der Waals surface area contributed by atoms with Gasteiger partial charge in [0.25, 0.3) is 6.43 Å². The number of nitrogens with one attached hydrogen (secondary N) is 1. The minimum Gasteiger partial charge on any atom is -0.467 e. The van der Waals surface area contributed by atoms with Crippen molar-refractivity contribution < 1.29 is 23.1 Å². The molecule has 7 heteroatoms. The van der Waals surface area contributed by atoms with Crippen molar-refractivity contribution in [3.05, 3.63) is 35.9 Å². The average molecular weight is 300 g/mol. The molecule has 5 nitrogen and oxygen atoms in total. The molecule has 0 unspecified atom stereocenters. The van der Waals surface area contributed by atoms with Crippen molar-refractivity contribution >= 4 is 11.9 Å². The summed E-state index contributed by atoms with van der Waals surface area (Å²) in [5, 5.41) is 2.15. The van der Waals surface area contributed by atoms with Gasteiger partial charge in [0, 0.05) is 6.42 Å². The monoisotopic (exact) mass is 300 g/mol. The first-order valence-corrected chi connectivity index (χ1v) is 6.31. The van der Waals surface area contributed by atoms with Gasteiger partial charge in [0.1, 0.15) is 6.04 Å². The van der Waals surface area contributed by atoms with Crippen LogP contribution in [0.2, 0.25) is 0 Å². The molecule has 0 aliphatic carbocycles. The highest BCUT2D eigenvalue weighted by molar-refractivity contribution is 5.90. The molecule has 0 bridgehead atoms. The van der Waals surface area contributed by atoms with E-state index in [9.17, 15) is 18.4 Å². The van der Waals surface area contributed by atoms with Gasteiger partial charge in [0.2, 0.25) is 5.91 Å². The van der Waals surface area contributed by atoms with E-state index in [-0.39, 0.29) is 6.42 Å². The van der Waals surface area contributed by atoms with E-state index < -0.39 is 29.9 Å². The fourth-order valence-corrected chi connectivity index (χ4v) is 1.76. The van der Waals surface area contributed by atoms with Crippen LogP contribution < -0.4 is 11.1 Å². The van der Waals surface area contributed by atoms with Crippen molar-refractivity contribution in [2.45, 2.75) is 31.4 Å². The quantitative estimate of drug-likeness (QED) is 0.764. The van der Waals surface area contributed by atoms with Gasteiger partial charge in [-0.3, -0.25) is 4.79 Å². The number of methoxy groups -OCH3 is 1. The lowest BCUT2D eigenvalue weighted by molar-refractivity contribution is -0.146. The van der Waals surface area contributed by atoms with E-state index in [0.717, 1.165) is 7.11 Å². The van der Waals surface area contributed by atoms with Crippen molar-refractivity contribution in [3.63, 3.8) is 0 Å². The molecule has 0 saturated carbocycles. The van der Waals surface area contributed by atoms with E-state index in [0.29, 0.717) is 5.56 Å². The Morgan fingerprint density at radius 1 is 1.33 bits per heavy atom. The van der Waals surface area contributed by atoms with Crippen LogP contribution in [0.3, 0.4) is 0 Å². The molecule has 0 spiro atoms. The second kappa shape index (κ2) is 7.12. The summed E-state index contributed by atoms with van der Waals surface area (Å²) in [6.07, 6.45) is -3.42. The number of rotatable bonds is 6. The molecular weight excluding hydrogens is 282 g/mol. The third-order valence-corrected chi connectivity index (χ3v) is 3.05. The van der Waals surface area contributed by atoms with Crippen LogP contribution in [0.1, 0.15) is 12.5 Å². The minimum atomic E-state index is -3.08. The lowest BCUT2D eigenvalue weighted by atomic mass is 9.91. The largest absolute Gasteiger partial charge is 0.467 e. The standard InChI is InChI=1S/C14H18F2N2O3/c1-9(11(19)21-2)18-13(20)14(17,12(15)16)8-10-6-4-3-5-7-10/h3-7,9,12H,8,17H2,1-2H3,(H,18,20)/t9-,14+/m0/s1. The highest BCUT2D eigenvalue weighted by Crippen LogP contribution is 2.19. The zero-order chi connectivity index (χ0) is 16.0. The van der Waals surface area contributed by atoms with E-state index in [1.165, 1.54) is 6.92 Å². The average Bonchev–Trinajstić information content (AvgIpc) is 2.46. The number of halogens is 2. The van der Waals surface area contributed by atoms with Gasteiger partial charge in [0.15, 0.2) is 5.54 Å². The lowest BCUT2D eigenvalue weighted by Gasteiger charge is -2.28. The van der Waals surface area contributed by atoms with Crippen molar-refractivity contribution in [3.8, 4) is 0 Å². The van der Waals surface area contributed by atoms with Crippen LogP contribution in [-0.4, -0.2) is 37.0 Å². The van der Waals surface area contributed by atoms with Crippen LogP contribution in [0.5, 0.6) is 0 Å². The maximum Gasteiger partial charge on any atom is 0.328 e. The number of carbonyl (C=O) groups excluding carboxylic acids is 2. The van der Waals surface area contributed by atoms with Gasteiger partial charge in [-0.05, 0) is 12.5 Å². The summed E-state index contributed by atoms with van der Waals surface area (Å²) in [5.74, 6) is -1.83. The van der Waals surface area contributed by atoms with Gasteiger partial charge in [-0.15, -0.1) is 0 Å². The fourth-order valence-electron chi connectivity index (χ4n) is 1.76. The Morgan fingerprint density at radius 2 is 1.90 bits per heavy atom. The topological polar surface area (TPSA) is 81.4 Å². The van der Waals surface area contributed by atoms with E-state index in [4.69, 9.17) is 5.73 Å². The van der Waals surface area contributed by atoms with Crippen LogP contribution in [0.4, 0.5) is 8.78 Å². The number of hydrogen-bond acceptors (Lipinski definition) is 4. The van der Waals surface area contributed by atoms with Gasteiger partial charge in [-0.1, -0.05) is 30.3 Å². The van der Waals surface area contributed by atoms with E-state index in [2.05, 4.69) is 10.1 Å². The second-order valence-electron chi connectivity index (χ2n) is 4.72. The first kappa shape index (κ1) is 17.0. The number of carbonyl (C=O) groups is 2. The smallest absolute Gasteiger partial charge is 0.328 e.